The molecule has 0 saturated carbocycles. The van der Waals surface area contributed by atoms with E-state index < -0.39 is 0 Å². The molecule has 3 rings (SSSR count). The van der Waals surface area contributed by atoms with E-state index in [2.05, 4.69) is 4.98 Å². The molecule has 0 aliphatic rings. The van der Waals surface area contributed by atoms with E-state index in [1.54, 1.807) is 18.2 Å². The average molecular weight is 253 g/mol. The summed E-state index contributed by atoms with van der Waals surface area (Å²) in [6.07, 6.45) is 3.76. The first-order valence-corrected chi connectivity index (χ1v) is 5.84. The van der Waals surface area contributed by atoms with Gasteiger partial charge in [-0.25, -0.2) is 4.98 Å². The SMILES string of the molecule is Cc1ccc2nc(-c3ccccc3[N+](=O)[O-])cn2c1. The van der Waals surface area contributed by atoms with Crippen LogP contribution < -0.4 is 0 Å². The van der Waals surface area contributed by atoms with E-state index in [-0.39, 0.29) is 10.6 Å². The van der Waals surface area contributed by atoms with Crippen LogP contribution in [0.25, 0.3) is 16.9 Å². The van der Waals surface area contributed by atoms with Crippen LogP contribution in [0.3, 0.4) is 0 Å². The molecule has 0 fully saturated rings. The zero-order valence-electron chi connectivity index (χ0n) is 10.3. The first-order valence-electron chi connectivity index (χ1n) is 5.84. The Morgan fingerprint density at radius 3 is 2.74 bits per heavy atom. The fourth-order valence-electron chi connectivity index (χ4n) is 2.08. The third-order valence-corrected chi connectivity index (χ3v) is 2.98. The summed E-state index contributed by atoms with van der Waals surface area (Å²) >= 11 is 0. The van der Waals surface area contributed by atoms with Crippen molar-refractivity contribution in [3.05, 3.63) is 64.5 Å². The molecule has 5 heteroatoms. The van der Waals surface area contributed by atoms with E-state index in [9.17, 15) is 10.1 Å². The van der Waals surface area contributed by atoms with Crippen LogP contribution in [0, 0.1) is 17.0 Å². The van der Waals surface area contributed by atoms with Gasteiger partial charge in [0.2, 0.25) is 0 Å². The number of nitro benzene ring substituents is 1. The number of benzene rings is 1. The first-order chi connectivity index (χ1) is 9.15. The van der Waals surface area contributed by atoms with Gasteiger partial charge in [-0.2, -0.15) is 0 Å². The van der Waals surface area contributed by atoms with Crippen LogP contribution >= 0.6 is 0 Å². The highest BCUT2D eigenvalue weighted by molar-refractivity contribution is 5.72. The largest absolute Gasteiger partial charge is 0.306 e. The summed E-state index contributed by atoms with van der Waals surface area (Å²) in [7, 11) is 0. The van der Waals surface area contributed by atoms with Gasteiger partial charge in [0.05, 0.1) is 16.2 Å². The van der Waals surface area contributed by atoms with Gasteiger partial charge in [-0.1, -0.05) is 18.2 Å². The Bertz CT molecular complexity index is 777. The molecule has 1 aromatic carbocycles. The van der Waals surface area contributed by atoms with E-state index in [0.717, 1.165) is 11.2 Å². The first kappa shape index (κ1) is 11.4. The van der Waals surface area contributed by atoms with E-state index in [4.69, 9.17) is 0 Å². The molecule has 2 heterocycles. The molecule has 2 aromatic heterocycles. The van der Waals surface area contributed by atoms with Crippen LogP contribution in [0.2, 0.25) is 0 Å². The fraction of sp³-hybridized carbons (Fsp3) is 0.0714. The summed E-state index contributed by atoms with van der Waals surface area (Å²) < 4.78 is 1.88. The number of hydrogen-bond acceptors (Lipinski definition) is 3. The maximum atomic E-state index is 11.0. The van der Waals surface area contributed by atoms with Crippen molar-refractivity contribution in [2.75, 3.05) is 0 Å². The number of nitrogens with zero attached hydrogens (tertiary/aromatic N) is 3. The molecule has 19 heavy (non-hydrogen) atoms. The summed E-state index contributed by atoms with van der Waals surface area (Å²) in [5, 5.41) is 11.0. The van der Waals surface area contributed by atoms with E-state index >= 15 is 0 Å². The third kappa shape index (κ3) is 1.95. The Kier molecular flexibility index (Phi) is 2.52. The standard InChI is InChI=1S/C14H11N3O2/c1-10-6-7-14-15-12(9-16(14)8-10)11-4-2-3-5-13(11)17(18)19/h2-9H,1H3. The van der Waals surface area contributed by atoms with Gasteiger partial charge in [0, 0.05) is 18.5 Å². The number of aryl methyl sites for hydroxylation is 1. The van der Waals surface area contributed by atoms with E-state index in [0.29, 0.717) is 11.3 Å². The molecule has 0 aliphatic heterocycles. The highest BCUT2D eigenvalue weighted by Crippen LogP contribution is 2.28. The van der Waals surface area contributed by atoms with Crippen LogP contribution in [0.5, 0.6) is 0 Å². The van der Waals surface area contributed by atoms with E-state index in [1.807, 2.05) is 35.9 Å². The average Bonchev–Trinajstić information content (AvgIpc) is 2.81. The predicted octanol–water partition coefficient (Wildman–Crippen LogP) is 3.22. The fourth-order valence-corrected chi connectivity index (χ4v) is 2.08. The van der Waals surface area contributed by atoms with Crippen LogP contribution in [0.1, 0.15) is 5.56 Å². The van der Waals surface area contributed by atoms with Gasteiger partial charge in [0.1, 0.15) is 5.65 Å². The Labute approximate surface area is 109 Å². The van der Waals surface area contributed by atoms with Gasteiger partial charge in [0.25, 0.3) is 5.69 Å². The van der Waals surface area contributed by atoms with Crippen molar-refractivity contribution in [3.63, 3.8) is 0 Å². The number of pyridine rings is 1. The van der Waals surface area contributed by atoms with Gasteiger partial charge in [0.15, 0.2) is 0 Å². The monoisotopic (exact) mass is 253 g/mol. The quantitative estimate of drug-likeness (QED) is 0.520. The Morgan fingerprint density at radius 1 is 1.16 bits per heavy atom. The number of fused-ring (bicyclic) bond motifs is 1. The van der Waals surface area contributed by atoms with Crippen molar-refractivity contribution in [3.8, 4) is 11.3 Å². The van der Waals surface area contributed by atoms with Crippen LogP contribution in [0.4, 0.5) is 5.69 Å². The molecular formula is C14H11N3O2. The molecule has 0 amide bonds. The number of aromatic nitrogens is 2. The maximum Gasteiger partial charge on any atom is 0.278 e. The molecule has 5 nitrogen and oxygen atoms in total. The van der Waals surface area contributed by atoms with Crippen molar-refractivity contribution in [1.82, 2.24) is 9.38 Å². The van der Waals surface area contributed by atoms with Gasteiger partial charge in [-0.05, 0) is 24.6 Å². The lowest BCUT2D eigenvalue weighted by atomic mass is 10.1. The zero-order valence-corrected chi connectivity index (χ0v) is 10.3. The maximum absolute atomic E-state index is 11.0. The number of nitro groups is 1. The van der Waals surface area contributed by atoms with Gasteiger partial charge >= 0.3 is 0 Å². The van der Waals surface area contributed by atoms with Gasteiger partial charge in [-0.15, -0.1) is 0 Å². The molecule has 0 saturated heterocycles. The topological polar surface area (TPSA) is 60.4 Å². The molecule has 0 radical (unpaired) electrons. The molecular weight excluding hydrogens is 242 g/mol. The molecule has 3 aromatic rings. The molecule has 0 bridgehead atoms. The van der Waals surface area contributed by atoms with Gasteiger partial charge < -0.3 is 4.40 Å². The highest BCUT2D eigenvalue weighted by Gasteiger charge is 2.16. The lowest BCUT2D eigenvalue weighted by molar-refractivity contribution is -0.384. The zero-order chi connectivity index (χ0) is 13.4. The molecule has 0 atom stereocenters. The molecule has 0 N–H and O–H groups in total. The van der Waals surface area contributed by atoms with Crippen LogP contribution in [-0.4, -0.2) is 14.3 Å². The van der Waals surface area contributed by atoms with Crippen molar-refractivity contribution in [1.29, 1.82) is 0 Å². The summed E-state index contributed by atoms with van der Waals surface area (Å²) in [6.45, 7) is 1.99. The third-order valence-electron chi connectivity index (χ3n) is 2.98. The van der Waals surface area contributed by atoms with E-state index in [1.165, 1.54) is 6.07 Å². The second-order valence-electron chi connectivity index (χ2n) is 4.37. The Hall–Kier alpha value is -2.69. The molecule has 0 spiro atoms. The predicted molar refractivity (Wildman–Crippen MR) is 72.0 cm³/mol. The Morgan fingerprint density at radius 2 is 1.95 bits per heavy atom. The van der Waals surface area contributed by atoms with Crippen molar-refractivity contribution < 1.29 is 4.92 Å². The smallest absolute Gasteiger partial charge is 0.278 e. The van der Waals surface area contributed by atoms with Crippen molar-refractivity contribution in [2.24, 2.45) is 0 Å². The minimum atomic E-state index is -0.384. The summed E-state index contributed by atoms with van der Waals surface area (Å²) in [4.78, 5) is 15.1. The minimum Gasteiger partial charge on any atom is -0.306 e. The number of hydrogen-bond donors (Lipinski definition) is 0. The minimum absolute atomic E-state index is 0.0719. The normalized spacial score (nSPS) is 10.8. The number of imidazole rings is 1. The summed E-state index contributed by atoms with van der Waals surface area (Å²) in [6, 6.07) is 10.5. The van der Waals surface area contributed by atoms with Crippen molar-refractivity contribution in [2.45, 2.75) is 6.92 Å². The molecule has 94 valence electrons. The summed E-state index contributed by atoms with van der Waals surface area (Å²) in [5.41, 5.74) is 3.10. The van der Waals surface area contributed by atoms with Crippen LogP contribution in [-0.2, 0) is 0 Å². The van der Waals surface area contributed by atoms with Crippen LogP contribution in [0.15, 0.2) is 48.8 Å². The molecule has 0 aliphatic carbocycles. The highest BCUT2D eigenvalue weighted by atomic mass is 16.6. The molecule has 0 unspecified atom stereocenters. The number of para-hydroxylation sites is 1. The lowest BCUT2D eigenvalue weighted by Gasteiger charge is -1.97. The Balaban J connectivity index is 2.22. The second-order valence-corrected chi connectivity index (χ2v) is 4.37. The lowest BCUT2D eigenvalue weighted by Crippen LogP contribution is -1.91. The number of rotatable bonds is 2. The van der Waals surface area contributed by atoms with Crippen molar-refractivity contribution >= 4 is 11.3 Å². The second kappa shape index (κ2) is 4.20. The summed E-state index contributed by atoms with van der Waals surface area (Å²) in [5.74, 6) is 0. The van der Waals surface area contributed by atoms with Gasteiger partial charge in [-0.3, -0.25) is 10.1 Å².